The third-order valence-corrected chi connectivity index (χ3v) is 4.59. The Bertz CT molecular complexity index is 653. The molecule has 0 spiro atoms. The van der Waals surface area contributed by atoms with E-state index >= 15 is 0 Å². The van der Waals surface area contributed by atoms with Crippen LogP contribution < -0.4 is 5.32 Å². The normalized spacial score (nSPS) is 17.5. The lowest BCUT2D eigenvalue weighted by Crippen LogP contribution is -2.46. The van der Waals surface area contributed by atoms with Gasteiger partial charge in [0.25, 0.3) is 0 Å². The van der Waals surface area contributed by atoms with Gasteiger partial charge in [-0.05, 0) is 48.9 Å². The quantitative estimate of drug-likeness (QED) is 0.889. The lowest BCUT2D eigenvalue weighted by Gasteiger charge is -2.35. The molecule has 0 radical (unpaired) electrons. The zero-order valence-electron chi connectivity index (χ0n) is 13.8. The fraction of sp³-hybridized carbons (Fsp3) is 0.350. The second-order valence-electron chi connectivity index (χ2n) is 6.23. The maximum absolute atomic E-state index is 12.5. The molecule has 0 aliphatic carbocycles. The minimum absolute atomic E-state index is 0.0689. The number of hydrogen-bond donors (Lipinski definition) is 2. The number of carbonyl (C=O) groups excluding carboxylic acids is 1. The third-order valence-electron chi connectivity index (χ3n) is 4.59. The topological polar surface area (TPSA) is 52.6 Å². The molecule has 2 amide bonds. The number of piperidine rings is 1. The monoisotopic (exact) mass is 324 g/mol. The molecule has 2 N–H and O–H groups in total. The molecule has 126 valence electrons. The van der Waals surface area contributed by atoms with E-state index in [2.05, 4.69) is 17.4 Å². The van der Waals surface area contributed by atoms with Crippen molar-refractivity contribution in [2.45, 2.75) is 31.7 Å². The van der Waals surface area contributed by atoms with Gasteiger partial charge in [-0.3, -0.25) is 0 Å². The van der Waals surface area contributed by atoms with E-state index in [4.69, 9.17) is 0 Å². The van der Waals surface area contributed by atoms with Crippen LogP contribution in [0.1, 0.15) is 25.7 Å². The summed E-state index contributed by atoms with van der Waals surface area (Å²) in [7, 11) is 0. The number of aliphatic hydroxyl groups excluding tert-OH is 1. The molecule has 4 nitrogen and oxygen atoms in total. The molecule has 1 aliphatic rings. The molecule has 1 aliphatic heterocycles. The van der Waals surface area contributed by atoms with Crippen LogP contribution >= 0.6 is 0 Å². The van der Waals surface area contributed by atoms with Crippen LogP contribution in [0.2, 0.25) is 0 Å². The highest BCUT2D eigenvalue weighted by atomic mass is 16.3. The molecule has 1 unspecified atom stereocenters. The fourth-order valence-corrected chi connectivity index (χ4v) is 3.29. The number of nitrogens with zero attached hydrogens (tertiary/aromatic N) is 1. The van der Waals surface area contributed by atoms with E-state index < -0.39 is 0 Å². The Labute approximate surface area is 143 Å². The highest BCUT2D eigenvalue weighted by Gasteiger charge is 2.26. The number of benzene rings is 2. The minimum atomic E-state index is -0.0689. The van der Waals surface area contributed by atoms with E-state index in [-0.39, 0.29) is 18.7 Å². The lowest BCUT2D eigenvalue weighted by molar-refractivity contribution is 0.141. The number of aliphatic hydroxyl groups is 1. The standard InChI is InChI=1S/C20H24N2O2/c23-15-13-19-8-4-5-14-22(19)20(24)21-18-11-9-17(10-12-18)16-6-2-1-3-7-16/h1-3,6-7,9-12,19,23H,4-5,8,13-15H2,(H,21,24). The second kappa shape index (κ2) is 7.97. The molecule has 1 heterocycles. The van der Waals surface area contributed by atoms with Gasteiger partial charge in [0.05, 0.1) is 0 Å². The first-order chi connectivity index (χ1) is 11.8. The number of hydrogen-bond acceptors (Lipinski definition) is 2. The van der Waals surface area contributed by atoms with Gasteiger partial charge in [0.15, 0.2) is 0 Å². The molecule has 2 aromatic rings. The third kappa shape index (κ3) is 3.95. The molecule has 0 aromatic heterocycles. The Kier molecular flexibility index (Phi) is 5.49. The highest BCUT2D eigenvalue weighted by Crippen LogP contribution is 2.23. The maximum Gasteiger partial charge on any atom is 0.322 e. The van der Waals surface area contributed by atoms with Crippen molar-refractivity contribution >= 4 is 11.7 Å². The second-order valence-corrected chi connectivity index (χ2v) is 6.23. The average molecular weight is 324 g/mol. The summed E-state index contributed by atoms with van der Waals surface area (Å²) < 4.78 is 0. The maximum atomic E-state index is 12.5. The van der Waals surface area contributed by atoms with Crippen LogP contribution in [0.4, 0.5) is 10.5 Å². The largest absolute Gasteiger partial charge is 0.396 e. The molecule has 3 rings (SSSR count). The Balaban J connectivity index is 1.66. The molecule has 1 fully saturated rings. The molecular formula is C20H24N2O2. The molecule has 0 bridgehead atoms. The zero-order valence-corrected chi connectivity index (χ0v) is 13.8. The van der Waals surface area contributed by atoms with Crippen LogP contribution in [-0.2, 0) is 0 Å². The predicted molar refractivity (Wildman–Crippen MR) is 96.9 cm³/mol. The first kappa shape index (κ1) is 16.5. The van der Waals surface area contributed by atoms with Gasteiger partial charge in [0.1, 0.15) is 0 Å². The number of likely N-dealkylation sites (tertiary alicyclic amines) is 1. The van der Waals surface area contributed by atoms with Gasteiger partial charge in [0, 0.05) is 24.9 Å². The number of nitrogens with one attached hydrogen (secondary N) is 1. The van der Waals surface area contributed by atoms with Gasteiger partial charge in [-0.15, -0.1) is 0 Å². The summed E-state index contributed by atoms with van der Waals surface area (Å²) in [6, 6.07) is 18.2. The van der Waals surface area contributed by atoms with Crippen LogP contribution in [0, 0.1) is 0 Å². The van der Waals surface area contributed by atoms with Crippen molar-refractivity contribution in [3.8, 4) is 11.1 Å². The molecule has 2 aromatic carbocycles. The summed E-state index contributed by atoms with van der Waals surface area (Å²) in [6.45, 7) is 0.888. The Morgan fingerprint density at radius 3 is 2.46 bits per heavy atom. The number of urea groups is 1. The van der Waals surface area contributed by atoms with Crippen molar-refractivity contribution in [3.63, 3.8) is 0 Å². The molecule has 1 saturated heterocycles. The van der Waals surface area contributed by atoms with Crippen LogP contribution in [-0.4, -0.2) is 35.2 Å². The van der Waals surface area contributed by atoms with E-state index in [0.29, 0.717) is 6.42 Å². The van der Waals surface area contributed by atoms with Crippen LogP contribution in [0.3, 0.4) is 0 Å². The van der Waals surface area contributed by atoms with Crippen molar-refractivity contribution in [1.82, 2.24) is 4.90 Å². The molecule has 1 atom stereocenters. The molecule has 0 saturated carbocycles. The highest BCUT2D eigenvalue weighted by molar-refractivity contribution is 5.90. The van der Waals surface area contributed by atoms with Gasteiger partial charge < -0.3 is 15.3 Å². The summed E-state index contributed by atoms with van der Waals surface area (Å²) in [5, 5.41) is 12.2. The van der Waals surface area contributed by atoms with E-state index in [1.165, 1.54) is 0 Å². The van der Waals surface area contributed by atoms with Crippen LogP contribution in [0.25, 0.3) is 11.1 Å². The average Bonchev–Trinajstić information content (AvgIpc) is 2.64. The summed E-state index contributed by atoms with van der Waals surface area (Å²) in [6.07, 6.45) is 3.78. The van der Waals surface area contributed by atoms with Crippen LogP contribution in [0.15, 0.2) is 54.6 Å². The number of anilines is 1. The van der Waals surface area contributed by atoms with Gasteiger partial charge in [-0.25, -0.2) is 4.79 Å². The van der Waals surface area contributed by atoms with E-state index in [1.54, 1.807) is 0 Å². The van der Waals surface area contributed by atoms with Crippen molar-refractivity contribution in [1.29, 1.82) is 0 Å². The van der Waals surface area contributed by atoms with Crippen molar-refractivity contribution in [3.05, 3.63) is 54.6 Å². The zero-order chi connectivity index (χ0) is 16.8. The number of amides is 2. The predicted octanol–water partition coefficient (Wildman–Crippen LogP) is 4.12. The van der Waals surface area contributed by atoms with E-state index in [9.17, 15) is 9.90 Å². The molecule has 24 heavy (non-hydrogen) atoms. The van der Waals surface area contributed by atoms with E-state index in [0.717, 1.165) is 42.6 Å². The lowest BCUT2D eigenvalue weighted by atomic mass is 10.00. The van der Waals surface area contributed by atoms with Crippen molar-refractivity contribution in [2.24, 2.45) is 0 Å². The van der Waals surface area contributed by atoms with Gasteiger partial charge in [-0.2, -0.15) is 0 Å². The smallest absolute Gasteiger partial charge is 0.322 e. The van der Waals surface area contributed by atoms with Crippen LogP contribution in [0.5, 0.6) is 0 Å². The van der Waals surface area contributed by atoms with Crippen molar-refractivity contribution < 1.29 is 9.90 Å². The first-order valence-corrected chi connectivity index (χ1v) is 8.62. The SMILES string of the molecule is O=C(Nc1ccc(-c2ccccc2)cc1)N1CCCCC1CCO. The number of carbonyl (C=O) groups is 1. The molecule has 4 heteroatoms. The Morgan fingerprint density at radius 1 is 1.04 bits per heavy atom. The summed E-state index contributed by atoms with van der Waals surface area (Å²) in [5.74, 6) is 0. The van der Waals surface area contributed by atoms with Crippen molar-refractivity contribution in [2.75, 3.05) is 18.5 Å². The summed E-state index contributed by atoms with van der Waals surface area (Å²) >= 11 is 0. The van der Waals surface area contributed by atoms with E-state index in [1.807, 2.05) is 47.4 Å². The molecular weight excluding hydrogens is 300 g/mol. The summed E-state index contributed by atoms with van der Waals surface area (Å²) in [5.41, 5.74) is 3.09. The number of rotatable bonds is 4. The summed E-state index contributed by atoms with van der Waals surface area (Å²) in [4.78, 5) is 14.4. The van der Waals surface area contributed by atoms with Gasteiger partial charge in [-0.1, -0.05) is 42.5 Å². The Hall–Kier alpha value is -2.33. The minimum Gasteiger partial charge on any atom is -0.396 e. The van der Waals surface area contributed by atoms with Gasteiger partial charge >= 0.3 is 6.03 Å². The fourth-order valence-electron chi connectivity index (χ4n) is 3.29. The van der Waals surface area contributed by atoms with Gasteiger partial charge in [0.2, 0.25) is 0 Å². The first-order valence-electron chi connectivity index (χ1n) is 8.62. The Morgan fingerprint density at radius 2 is 1.75 bits per heavy atom.